The molecule has 0 aliphatic rings. The molecule has 0 unspecified atom stereocenters. The number of hydrogen-bond donors (Lipinski definition) is 2. The maximum atomic E-state index is 4.70. The third-order valence-electron chi connectivity index (χ3n) is 4.11. The van der Waals surface area contributed by atoms with Crippen molar-refractivity contribution in [1.29, 1.82) is 0 Å². The summed E-state index contributed by atoms with van der Waals surface area (Å²) >= 11 is 0. The third kappa shape index (κ3) is 6.57. The first-order chi connectivity index (χ1) is 12.1. The Morgan fingerprint density at radius 2 is 1.92 bits per heavy atom. The molecule has 6 nitrogen and oxygen atoms in total. The fourth-order valence-corrected chi connectivity index (χ4v) is 2.41. The summed E-state index contributed by atoms with van der Waals surface area (Å²) in [6.45, 7) is 8.61. The Labute approximate surface area is 150 Å². The second-order valence-corrected chi connectivity index (χ2v) is 6.69. The molecular weight excluding hydrogens is 312 g/mol. The Bertz CT molecular complexity index is 660. The summed E-state index contributed by atoms with van der Waals surface area (Å²) in [5.41, 5.74) is 1.19. The molecule has 2 aromatic rings. The van der Waals surface area contributed by atoms with Crippen LogP contribution in [0.1, 0.15) is 43.9 Å². The van der Waals surface area contributed by atoms with Crippen molar-refractivity contribution >= 4 is 5.96 Å². The van der Waals surface area contributed by atoms with Gasteiger partial charge in [0.15, 0.2) is 11.8 Å². The Morgan fingerprint density at radius 1 is 1.16 bits per heavy atom. The molecule has 0 aliphatic heterocycles. The molecular formula is C19H30N6. The highest BCUT2D eigenvalue weighted by Gasteiger charge is 2.06. The molecule has 1 aromatic carbocycles. The van der Waals surface area contributed by atoms with E-state index in [0.29, 0.717) is 13.1 Å². The van der Waals surface area contributed by atoms with E-state index in [1.165, 1.54) is 12.0 Å². The van der Waals surface area contributed by atoms with Gasteiger partial charge in [-0.1, -0.05) is 44.2 Å². The van der Waals surface area contributed by atoms with E-state index < -0.39 is 0 Å². The average molecular weight is 342 g/mol. The molecule has 0 amide bonds. The molecule has 0 saturated carbocycles. The van der Waals surface area contributed by atoms with Crippen LogP contribution in [0.3, 0.4) is 0 Å². The lowest BCUT2D eigenvalue weighted by atomic mass is 10.1. The van der Waals surface area contributed by atoms with Gasteiger partial charge in [0.25, 0.3) is 0 Å². The van der Waals surface area contributed by atoms with E-state index in [0.717, 1.165) is 36.5 Å². The van der Waals surface area contributed by atoms with Crippen molar-refractivity contribution in [1.82, 2.24) is 25.4 Å². The minimum Gasteiger partial charge on any atom is -0.356 e. The number of hydrogen-bond acceptors (Lipinski definition) is 3. The second-order valence-electron chi connectivity index (χ2n) is 6.69. The molecule has 0 atom stereocenters. The quantitative estimate of drug-likeness (QED) is 0.440. The zero-order valence-electron chi connectivity index (χ0n) is 15.8. The van der Waals surface area contributed by atoms with Crippen LogP contribution in [-0.4, -0.2) is 27.3 Å². The SMILES string of the molecule is Cc1nnc(CNC(=NCc2ccccc2)NCCCC(C)C)n1C. The highest BCUT2D eigenvalue weighted by Crippen LogP contribution is 2.03. The Kier molecular flexibility index (Phi) is 7.44. The zero-order valence-corrected chi connectivity index (χ0v) is 15.8. The highest BCUT2D eigenvalue weighted by atomic mass is 15.3. The first kappa shape index (κ1) is 19.0. The average Bonchev–Trinajstić information content (AvgIpc) is 2.93. The molecule has 1 aromatic heterocycles. The van der Waals surface area contributed by atoms with Gasteiger partial charge in [0.2, 0.25) is 0 Å². The van der Waals surface area contributed by atoms with Gasteiger partial charge >= 0.3 is 0 Å². The van der Waals surface area contributed by atoms with Crippen molar-refractivity contribution in [3.05, 3.63) is 47.5 Å². The minimum atomic E-state index is 0.599. The molecule has 0 radical (unpaired) electrons. The van der Waals surface area contributed by atoms with Gasteiger partial charge in [-0.15, -0.1) is 10.2 Å². The molecule has 0 spiro atoms. The van der Waals surface area contributed by atoms with Crippen molar-refractivity contribution in [3.8, 4) is 0 Å². The van der Waals surface area contributed by atoms with Crippen LogP contribution in [0.5, 0.6) is 0 Å². The number of aromatic nitrogens is 3. The number of aryl methyl sites for hydroxylation is 1. The van der Waals surface area contributed by atoms with Crippen molar-refractivity contribution < 1.29 is 0 Å². The van der Waals surface area contributed by atoms with Gasteiger partial charge in [0, 0.05) is 13.6 Å². The van der Waals surface area contributed by atoms with Crippen LogP contribution in [0, 0.1) is 12.8 Å². The minimum absolute atomic E-state index is 0.599. The van der Waals surface area contributed by atoms with E-state index in [1.807, 2.05) is 36.7 Å². The molecule has 136 valence electrons. The van der Waals surface area contributed by atoms with Gasteiger partial charge in [0.1, 0.15) is 5.82 Å². The Morgan fingerprint density at radius 3 is 2.56 bits per heavy atom. The van der Waals surface area contributed by atoms with Crippen LogP contribution < -0.4 is 10.6 Å². The van der Waals surface area contributed by atoms with E-state index in [1.54, 1.807) is 0 Å². The lowest BCUT2D eigenvalue weighted by Crippen LogP contribution is -2.38. The molecule has 0 fully saturated rings. The fraction of sp³-hybridized carbons (Fsp3) is 0.526. The number of nitrogens with one attached hydrogen (secondary N) is 2. The summed E-state index contributed by atoms with van der Waals surface area (Å²) in [5, 5.41) is 15.1. The topological polar surface area (TPSA) is 67.1 Å². The largest absolute Gasteiger partial charge is 0.356 e. The molecule has 1 heterocycles. The summed E-state index contributed by atoms with van der Waals surface area (Å²) in [6.07, 6.45) is 2.34. The first-order valence-electron chi connectivity index (χ1n) is 8.97. The van der Waals surface area contributed by atoms with E-state index in [-0.39, 0.29) is 0 Å². The monoisotopic (exact) mass is 342 g/mol. The number of rotatable bonds is 8. The number of benzene rings is 1. The summed E-state index contributed by atoms with van der Waals surface area (Å²) in [7, 11) is 1.98. The normalized spacial score (nSPS) is 11.8. The zero-order chi connectivity index (χ0) is 18.1. The predicted molar refractivity (Wildman–Crippen MR) is 102 cm³/mol. The molecule has 0 aliphatic carbocycles. The number of nitrogens with zero attached hydrogens (tertiary/aromatic N) is 4. The highest BCUT2D eigenvalue weighted by molar-refractivity contribution is 5.79. The lowest BCUT2D eigenvalue weighted by Gasteiger charge is -2.13. The van der Waals surface area contributed by atoms with Crippen LogP contribution in [-0.2, 0) is 20.1 Å². The van der Waals surface area contributed by atoms with Crippen molar-refractivity contribution in [3.63, 3.8) is 0 Å². The molecule has 0 saturated heterocycles. The first-order valence-corrected chi connectivity index (χ1v) is 8.97. The Balaban J connectivity index is 1.94. The van der Waals surface area contributed by atoms with Crippen molar-refractivity contribution in [2.45, 2.75) is 46.7 Å². The lowest BCUT2D eigenvalue weighted by molar-refractivity contribution is 0.548. The van der Waals surface area contributed by atoms with Gasteiger partial charge in [-0.3, -0.25) is 0 Å². The van der Waals surface area contributed by atoms with Crippen LogP contribution in [0.4, 0.5) is 0 Å². The molecule has 25 heavy (non-hydrogen) atoms. The van der Waals surface area contributed by atoms with E-state index in [2.05, 4.69) is 46.8 Å². The predicted octanol–water partition coefficient (Wildman–Crippen LogP) is 2.80. The van der Waals surface area contributed by atoms with Crippen LogP contribution in [0.15, 0.2) is 35.3 Å². The van der Waals surface area contributed by atoms with E-state index >= 15 is 0 Å². The number of aliphatic imine (C=N–C) groups is 1. The third-order valence-corrected chi connectivity index (χ3v) is 4.11. The van der Waals surface area contributed by atoms with Gasteiger partial charge in [-0.25, -0.2) is 4.99 Å². The van der Waals surface area contributed by atoms with Crippen molar-refractivity contribution in [2.24, 2.45) is 18.0 Å². The van der Waals surface area contributed by atoms with Crippen molar-refractivity contribution in [2.75, 3.05) is 6.54 Å². The van der Waals surface area contributed by atoms with E-state index in [4.69, 9.17) is 4.99 Å². The van der Waals surface area contributed by atoms with Crippen LogP contribution >= 0.6 is 0 Å². The molecule has 6 heteroatoms. The smallest absolute Gasteiger partial charge is 0.191 e. The summed E-state index contributed by atoms with van der Waals surface area (Å²) in [6, 6.07) is 10.3. The summed E-state index contributed by atoms with van der Waals surface area (Å²) in [5.74, 6) is 3.34. The van der Waals surface area contributed by atoms with E-state index in [9.17, 15) is 0 Å². The Hall–Kier alpha value is -2.37. The maximum absolute atomic E-state index is 4.70. The van der Waals surface area contributed by atoms with Gasteiger partial charge < -0.3 is 15.2 Å². The fourth-order valence-electron chi connectivity index (χ4n) is 2.41. The van der Waals surface area contributed by atoms with Gasteiger partial charge in [0.05, 0.1) is 13.1 Å². The standard InChI is InChI=1S/C19H30N6/c1-15(2)9-8-12-20-19(21-13-17-10-6-5-7-11-17)22-14-18-24-23-16(3)25(18)4/h5-7,10-11,15H,8-9,12-14H2,1-4H3,(H2,20,21,22). The molecule has 2 N–H and O–H groups in total. The van der Waals surface area contributed by atoms with Gasteiger partial charge in [-0.05, 0) is 31.2 Å². The van der Waals surface area contributed by atoms with Crippen LogP contribution in [0.2, 0.25) is 0 Å². The molecule has 2 rings (SSSR count). The summed E-state index contributed by atoms with van der Waals surface area (Å²) in [4.78, 5) is 4.70. The maximum Gasteiger partial charge on any atom is 0.191 e. The van der Waals surface area contributed by atoms with Gasteiger partial charge in [-0.2, -0.15) is 0 Å². The number of guanidine groups is 1. The summed E-state index contributed by atoms with van der Waals surface area (Å²) < 4.78 is 1.99. The van der Waals surface area contributed by atoms with Crippen LogP contribution in [0.25, 0.3) is 0 Å². The second kappa shape index (κ2) is 9.81. The molecule has 0 bridgehead atoms.